The van der Waals surface area contributed by atoms with Crippen LogP contribution in [0.15, 0.2) is 30.3 Å². The molecule has 0 aliphatic carbocycles. The fourth-order valence-corrected chi connectivity index (χ4v) is 1.93. The Morgan fingerprint density at radius 2 is 1.81 bits per heavy atom. The molecule has 0 bridgehead atoms. The molecular weight excluding hydrogens is 196 g/mol. The van der Waals surface area contributed by atoms with Crippen LogP contribution in [0.3, 0.4) is 0 Å². The third kappa shape index (κ3) is 4.36. The molecule has 90 valence electrons. The molecule has 1 aromatic carbocycles. The number of methoxy groups -OCH3 is 1. The first kappa shape index (κ1) is 13.2. The van der Waals surface area contributed by atoms with Gasteiger partial charge in [0.25, 0.3) is 0 Å². The van der Waals surface area contributed by atoms with E-state index in [1.807, 2.05) is 7.11 Å². The quantitative estimate of drug-likeness (QED) is 0.668. The van der Waals surface area contributed by atoms with E-state index in [1.165, 1.54) is 18.4 Å². The van der Waals surface area contributed by atoms with Gasteiger partial charge in [0.15, 0.2) is 0 Å². The van der Waals surface area contributed by atoms with Crippen molar-refractivity contribution in [3.05, 3.63) is 35.9 Å². The van der Waals surface area contributed by atoms with E-state index in [9.17, 15) is 0 Å². The average molecular weight is 220 g/mol. The summed E-state index contributed by atoms with van der Waals surface area (Å²) in [5, 5.41) is 0. The zero-order valence-corrected chi connectivity index (χ0v) is 10.8. The van der Waals surface area contributed by atoms with Crippen molar-refractivity contribution in [3.63, 3.8) is 0 Å². The molecule has 1 atom stereocenters. The Bertz CT molecular complexity index is 281. The molecule has 0 spiro atoms. The molecule has 1 aromatic rings. The predicted molar refractivity (Wildman–Crippen MR) is 69.7 cm³/mol. The summed E-state index contributed by atoms with van der Waals surface area (Å²) >= 11 is 0. The average Bonchev–Trinajstić information content (AvgIpc) is 2.35. The Kier molecular flexibility index (Phi) is 5.54. The van der Waals surface area contributed by atoms with Crippen LogP contribution in [-0.4, -0.2) is 12.7 Å². The zero-order valence-electron chi connectivity index (χ0n) is 10.8. The molecule has 16 heavy (non-hydrogen) atoms. The van der Waals surface area contributed by atoms with Crippen LogP contribution in [0.4, 0.5) is 0 Å². The molecule has 1 heteroatoms. The maximum Gasteiger partial charge on any atom is 0.0654 e. The number of ether oxygens (including phenoxy) is 1. The van der Waals surface area contributed by atoms with E-state index in [1.54, 1.807) is 0 Å². The molecule has 0 saturated heterocycles. The number of aryl methyl sites for hydroxylation is 1. The molecule has 0 saturated carbocycles. The van der Waals surface area contributed by atoms with Crippen LogP contribution in [-0.2, 0) is 11.2 Å². The number of hydrogen-bond acceptors (Lipinski definition) is 1. The van der Waals surface area contributed by atoms with Gasteiger partial charge in [-0.2, -0.15) is 0 Å². The second-order valence-corrected chi connectivity index (χ2v) is 4.74. The van der Waals surface area contributed by atoms with Crippen LogP contribution in [0.5, 0.6) is 0 Å². The molecule has 0 amide bonds. The van der Waals surface area contributed by atoms with E-state index in [2.05, 4.69) is 44.2 Å². The van der Waals surface area contributed by atoms with Gasteiger partial charge < -0.3 is 4.74 Å². The summed E-state index contributed by atoms with van der Waals surface area (Å²) in [4.78, 5) is 0. The summed E-state index contributed by atoms with van der Waals surface area (Å²) in [7, 11) is 1.83. The van der Waals surface area contributed by atoms with Crippen molar-refractivity contribution in [2.75, 3.05) is 7.11 Å². The number of hydrogen-bond donors (Lipinski definition) is 0. The monoisotopic (exact) mass is 220 g/mol. The molecule has 0 N–H and O–H groups in total. The van der Waals surface area contributed by atoms with Gasteiger partial charge in [0, 0.05) is 7.11 Å². The Balaban J connectivity index is 2.44. The minimum absolute atomic E-state index is 0.0475. The van der Waals surface area contributed by atoms with Crippen molar-refractivity contribution in [1.82, 2.24) is 0 Å². The SMILES string of the molecule is CCCCC(C)(CCc1ccccc1)OC. The summed E-state index contributed by atoms with van der Waals surface area (Å²) in [5.41, 5.74) is 1.45. The lowest BCUT2D eigenvalue weighted by Gasteiger charge is -2.28. The molecular formula is C15H24O. The largest absolute Gasteiger partial charge is 0.379 e. The standard InChI is InChI=1S/C15H24O/c1-4-5-12-15(2,16-3)13-11-14-9-7-6-8-10-14/h6-10H,4-5,11-13H2,1-3H3. The summed E-state index contributed by atoms with van der Waals surface area (Å²) in [6, 6.07) is 10.7. The smallest absolute Gasteiger partial charge is 0.0654 e. The number of benzene rings is 1. The van der Waals surface area contributed by atoms with Crippen molar-refractivity contribution < 1.29 is 4.74 Å². The molecule has 0 fully saturated rings. The predicted octanol–water partition coefficient (Wildman–Crippen LogP) is 4.21. The van der Waals surface area contributed by atoms with Gasteiger partial charge in [-0.3, -0.25) is 0 Å². The molecule has 0 aromatic heterocycles. The maximum absolute atomic E-state index is 5.66. The molecule has 0 heterocycles. The number of rotatable bonds is 7. The molecule has 1 nitrogen and oxygen atoms in total. The van der Waals surface area contributed by atoms with Crippen molar-refractivity contribution >= 4 is 0 Å². The van der Waals surface area contributed by atoms with Gasteiger partial charge >= 0.3 is 0 Å². The number of unbranched alkanes of at least 4 members (excludes halogenated alkanes) is 1. The molecule has 0 radical (unpaired) electrons. The second kappa shape index (κ2) is 6.70. The first-order valence-corrected chi connectivity index (χ1v) is 6.29. The van der Waals surface area contributed by atoms with E-state index in [0.29, 0.717) is 0 Å². The summed E-state index contributed by atoms with van der Waals surface area (Å²) in [6.45, 7) is 4.46. The topological polar surface area (TPSA) is 9.23 Å². The van der Waals surface area contributed by atoms with Gasteiger partial charge in [-0.25, -0.2) is 0 Å². The first-order valence-electron chi connectivity index (χ1n) is 6.29. The fourth-order valence-electron chi connectivity index (χ4n) is 1.93. The van der Waals surface area contributed by atoms with Gasteiger partial charge in [0.05, 0.1) is 5.60 Å². The molecule has 1 rings (SSSR count). The van der Waals surface area contributed by atoms with E-state index in [0.717, 1.165) is 19.3 Å². The fraction of sp³-hybridized carbons (Fsp3) is 0.600. The second-order valence-electron chi connectivity index (χ2n) is 4.74. The van der Waals surface area contributed by atoms with Gasteiger partial charge in [-0.15, -0.1) is 0 Å². The van der Waals surface area contributed by atoms with Crippen LogP contribution in [0.1, 0.15) is 45.1 Å². The van der Waals surface area contributed by atoms with Crippen LogP contribution in [0.25, 0.3) is 0 Å². The minimum atomic E-state index is 0.0475. The first-order chi connectivity index (χ1) is 7.70. The van der Waals surface area contributed by atoms with Gasteiger partial charge in [-0.1, -0.05) is 50.1 Å². The Hall–Kier alpha value is -0.820. The van der Waals surface area contributed by atoms with Crippen molar-refractivity contribution in [2.45, 2.75) is 51.6 Å². The van der Waals surface area contributed by atoms with E-state index < -0.39 is 0 Å². The Labute approximate surface area is 99.8 Å². The summed E-state index contributed by atoms with van der Waals surface area (Å²) in [6.07, 6.45) is 5.86. The molecule has 0 aliphatic heterocycles. The zero-order chi connectivity index (χ0) is 11.9. The normalized spacial score (nSPS) is 14.7. The van der Waals surface area contributed by atoms with Crippen LogP contribution in [0, 0.1) is 0 Å². The van der Waals surface area contributed by atoms with E-state index in [-0.39, 0.29) is 5.60 Å². The summed E-state index contributed by atoms with van der Waals surface area (Å²) < 4.78 is 5.66. The molecule has 0 aliphatic rings. The molecule has 1 unspecified atom stereocenters. The van der Waals surface area contributed by atoms with Gasteiger partial charge in [-0.05, 0) is 31.7 Å². The van der Waals surface area contributed by atoms with Crippen molar-refractivity contribution in [2.24, 2.45) is 0 Å². The highest BCUT2D eigenvalue weighted by Gasteiger charge is 2.22. The highest BCUT2D eigenvalue weighted by Crippen LogP contribution is 2.24. The highest BCUT2D eigenvalue weighted by atomic mass is 16.5. The van der Waals surface area contributed by atoms with Crippen molar-refractivity contribution in [3.8, 4) is 0 Å². The highest BCUT2D eigenvalue weighted by molar-refractivity contribution is 5.15. The van der Waals surface area contributed by atoms with Crippen LogP contribution in [0.2, 0.25) is 0 Å². The van der Waals surface area contributed by atoms with Gasteiger partial charge in [0.1, 0.15) is 0 Å². The van der Waals surface area contributed by atoms with Crippen molar-refractivity contribution in [1.29, 1.82) is 0 Å². The summed E-state index contributed by atoms with van der Waals surface area (Å²) in [5.74, 6) is 0. The van der Waals surface area contributed by atoms with E-state index in [4.69, 9.17) is 4.74 Å². The minimum Gasteiger partial charge on any atom is -0.379 e. The maximum atomic E-state index is 5.66. The third-order valence-electron chi connectivity index (χ3n) is 3.34. The Morgan fingerprint density at radius 1 is 1.12 bits per heavy atom. The lowest BCUT2D eigenvalue weighted by Crippen LogP contribution is -2.27. The van der Waals surface area contributed by atoms with E-state index >= 15 is 0 Å². The van der Waals surface area contributed by atoms with Crippen LogP contribution < -0.4 is 0 Å². The lowest BCUT2D eigenvalue weighted by atomic mass is 9.91. The Morgan fingerprint density at radius 3 is 2.38 bits per heavy atom. The lowest BCUT2D eigenvalue weighted by molar-refractivity contribution is -0.00952. The van der Waals surface area contributed by atoms with Crippen LogP contribution >= 0.6 is 0 Å². The third-order valence-corrected chi connectivity index (χ3v) is 3.34. The van der Waals surface area contributed by atoms with Gasteiger partial charge in [0.2, 0.25) is 0 Å².